The third kappa shape index (κ3) is 3.28. The van der Waals surface area contributed by atoms with Crippen LogP contribution < -0.4 is 0 Å². The lowest BCUT2D eigenvalue weighted by molar-refractivity contribution is -0.145. The van der Waals surface area contributed by atoms with Gasteiger partial charge in [0.15, 0.2) is 0 Å². The molecule has 1 rings (SSSR count). The molecule has 106 valence electrons. The lowest BCUT2D eigenvalue weighted by atomic mass is 9.76. The number of hydrogen-bond acceptors (Lipinski definition) is 1. The summed E-state index contributed by atoms with van der Waals surface area (Å²) in [4.78, 5) is 14.9. The highest BCUT2D eigenvalue weighted by Crippen LogP contribution is 2.45. The van der Waals surface area contributed by atoms with E-state index in [1.807, 2.05) is 11.9 Å². The second-order valence-corrected chi connectivity index (χ2v) is 7.46. The first-order valence-electron chi connectivity index (χ1n) is 7.09. The normalized spacial score (nSPS) is 19.3. The molecule has 1 aliphatic carbocycles. The summed E-state index contributed by atoms with van der Waals surface area (Å²) in [7, 11) is 1.96. The molecule has 18 heavy (non-hydrogen) atoms. The Morgan fingerprint density at radius 3 is 2.22 bits per heavy atom. The monoisotopic (exact) mass is 317 g/mol. The highest BCUT2D eigenvalue weighted by atomic mass is 79.9. The molecule has 0 aromatic rings. The first kappa shape index (κ1) is 16.0. The zero-order chi connectivity index (χ0) is 14.0. The Bertz CT molecular complexity index is 293. The van der Waals surface area contributed by atoms with Crippen molar-refractivity contribution in [1.82, 2.24) is 4.90 Å². The Kier molecular flexibility index (Phi) is 5.28. The van der Waals surface area contributed by atoms with Crippen molar-refractivity contribution in [2.45, 2.75) is 65.3 Å². The van der Waals surface area contributed by atoms with Crippen molar-refractivity contribution in [3.63, 3.8) is 0 Å². The van der Waals surface area contributed by atoms with Crippen LogP contribution in [-0.2, 0) is 4.79 Å². The van der Waals surface area contributed by atoms with Gasteiger partial charge >= 0.3 is 0 Å². The Morgan fingerprint density at radius 2 is 1.83 bits per heavy atom. The van der Waals surface area contributed by atoms with Crippen LogP contribution in [0.2, 0.25) is 0 Å². The minimum atomic E-state index is -0.107. The van der Waals surface area contributed by atoms with E-state index in [9.17, 15) is 4.79 Å². The van der Waals surface area contributed by atoms with Crippen LogP contribution in [0.5, 0.6) is 0 Å². The summed E-state index contributed by atoms with van der Waals surface area (Å²) in [6.45, 7) is 8.70. The molecule has 0 atom stereocenters. The number of nitrogens with zero attached hydrogens (tertiary/aromatic N) is 1. The van der Waals surface area contributed by atoms with Crippen LogP contribution in [0.15, 0.2) is 0 Å². The molecule has 1 aliphatic rings. The fourth-order valence-electron chi connectivity index (χ4n) is 3.06. The predicted molar refractivity (Wildman–Crippen MR) is 81.0 cm³/mol. The summed E-state index contributed by atoms with van der Waals surface area (Å²) in [5.74, 6) is 0.950. The molecule has 0 aromatic heterocycles. The Labute approximate surface area is 121 Å². The lowest BCUT2D eigenvalue weighted by Crippen LogP contribution is -2.52. The van der Waals surface area contributed by atoms with Gasteiger partial charge in [-0.15, -0.1) is 0 Å². The van der Waals surface area contributed by atoms with Gasteiger partial charge in [-0.2, -0.15) is 0 Å². The predicted octanol–water partition coefficient (Wildman–Crippen LogP) is 4.22. The Hall–Kier alpha value is -0.0500. The maximum Gasteiger partial charge on any atom is 0.229 e. The molecule has 0 spiro atoms. The van der Waals surface area contributed by atoms with Crippen molar-refractivity contribution < 1.29 is 4.79 Å². The van der Waals surface area contributed by atoms with Gasteiger partial charge in [-0.05, 0) is 39.0 Å². The average Bonchev–Trinajstić information content (AvgIpc) is 2.75. The summed E-state index contributed by atoms with van der Waals surface area (Å²) in [5.41, 5.74) is -0.188. The van der Waals surface area contributed by atoms with Crippen molar-refractivity contribution in [2.75, 3.05) is 12.4 Å². The SMILES string of the molecule is CC(C)CC1(C(=O)N(C)C(C)(C)CBr)CCCC1. The molecule has 1 saturated carbocycles. The fourth-order valence-corrected chi connectivity index (χ4v) is 3.43. The van der Waals surface area contributed by atoms with E-state index >= 15 is 0 Å². The van der Waals surface area contributed by atoms with Gasteiger partial charge in [-0.25, -0.2) is 0 Å². The summed E-state index contributed by atoms with van der Waals surface area (Å²) < 4.78 is 0. The minimum absolute atomic E-state index is 0.0810. The third-order valence-electron chi connectivity index (χ3n) is 4.35. The molecule has 0 unspecified atom stereocenters. The molecular weight excluding hydrogens is 290 g/mol. The van der Waals surface area contributed by atoms with E-state index in [4.69, 9.17) is 0 Å². The molecule has 0 bridgehead atoms. The molecule has 1 fully saturated rings. The quantitative estimate of drug-likeness (QED) is 0.695. The molecule has 0 saturated heterocycles. The fraction of sp³-hybridized carbons (Fsp3) is 0.933. The van der Waals surface area contributed by atoms with Gasteiger partial charge in [0.1, 0.15) is 0 Å². The van der Waals surface area contributed by atoms with Crippen LogP contribution in [0.1, 0.15) is 59.8 Å². The molecule has 0 aliphatic heterocycles. The average molecular weight is 318 g/mol. The summed E-state index contributed by atoms with van der Waals surface area (Å²) in [6, 6.07) is 0. The van der Waals surface area contributed by atoms with Gasteiger partial charge < -0.3 is 4.90 Å². The first-order valence-corrected chi connectivity index (χ1v) is 8.21. The number of alkyl halides is 1. The molecular formula is C15H28BrNO. The van der Waals surface area contributed by atoms with Crippen LogP contribution >= 0.6 is 15.9 Å². The van der Waals surface area contributed by atoms with Gasteiger partial charge in [0.25, 0.3) is 0 Å². The van der Waals surface area contributed by atoms with Crippen molar-refractivity contribution in [3.05, 3.63) is 0 Å². The minimum Gasteiger partial charge on any atom is -0.339 e. The van der Waals surface area contributed by atoms with Crippen LogP contribution in [0.4, 0.5) is 0 Å². The van der Waals surface area contributed by atoms with Crippen LogP contribution in [0.25, 0.3) is 0 Å². The third-order valence-corrected chi connectivity index (χ3v) is 5.73. The highest BCUT2D eigenvalue weighted by Gasteiger charge is 2.45. The van der Waals surface area contributed by atoms with E-state index in [2.05, 4.69) is 43.6 Å². The van der Waals surface area contributed by atoms with Crippen molar-refractivity contribution in [1.29, 1.82) is 0 Å². The van der Waals surface area contributed by atoms with Crippen molar-refractivity contribution in [3.8, 4) is 0 Å². The van der Waals surface area contributed by atoms with Crippen LogP contribution in [0.3, 0.4) is 0 Å². The molecule has 0 N–H and O–H groups in total. The summed E-state index contributed by atoms with van der Waals surface area (Å²) in [6.07, 6.45) is 5.61. The molecule has 1 amide bonds. The van der Waals surface area contributed by atoms with Gasteiger partial charge in [0.05, 0.1) is 0 Å². The van der Waals surface area contributed by atoms with Gasteiger partial charge in [-0.1, -0.05) is 42.6 Å². The standard InChI is InChI=1S/C15H28BrNO/c1-12(2)10-15(8-6-7-9-15)13(18)17(5)14(3,4)11-16/h12H,6-11H2,1-5H3. The number of halogens is 1. The smallest absolute Gasteiger partial charge is 0.229 e. The van der Waals surface area contributed by atoms with Crippen LogP contribution in [-0.4, -0.2) is 28.7 Å². The summed E-state index contributed by atoms with van der Waals surface area (Å²) >= 11 is 3.52. The van der Waals surface area contributed by atoms with Crippen molar-refractivity contribution >= 4 is 21.8 Å². The van der Waals surface area contributed by atoms with E-state index in [1.165, 1.54) is 12.8 Å². The second-order valence-electron chi connectivity index (χ2n) is 6.90. The second kappa shape index (κ2) is 5.94. The number of carbonyl (C=O) groups is 1. The van der Waals surface area contributed by atoms with E-state index in [1.54, 1.807) is 0 Å². The maximum atomic E-state index is 12.9. The zero-order valence-corrected chi connectivity index (χ0v) is 14.1. The van der Waals surface area contributed by atoms with E-state index in [0.717, 1.165) is 24.6 Å². The number of rotatable bonds is 5. The maximum absolute atomic E-state index is 12.9. The van der Waals surface area contributed by atoms with Crippen molar-refractivity contribution in [2.24, 2.45) is 11.3 Å². The van der Waals surface area contributed by atoms with E-state index < -0.39 is 0 Å². The molecule has 3 heteroatoms. The first-order chi connectivity index (χ1) is 8.25. The highest BCUT2D eigenvalue weighted by molar-refractivity contribution is 9.09. The molecule has 2 nitrogen and oxygen atoms in total. The molecule has 0 radical (unpaired) electrons. The Morgan fingerprint density at radius 1 is 1.33 bits per heavy atom. The number of carbonyl (C=O) groups excluding carboxylic acids is 1. The number of hydrogen-bond donors (Lipinski definition) is 0. The summed E-state index contributed by atoms with van der Waals surface area (Å²) in [5, 5.41) is 0.819. The largest absolute Gasteiger partial charge is 0.339 e. The molecule has 0 aromatic carbocycles. The Balaban J connectivity index is 2.90. The lowest BCUT2D eigenvalue weighted by Gasteiger charge is -2.41. The van der Waals surface area contributed by atoms with Gasteiger partial charge in [0, 0.05) is 23.3 Å². The topological polar surface area (TPSA) is 20.3 Å². The van der Waals surface area contributed by atoms with Gasteiger partial charge in [0.2, 0.25) is 5.91 Å². The van der Waals surface area contributed by atoms with E-state index in [0.29, 0.717) is 11.8 Å². The molecule has 0 heterocycles. The number of amides is 1. The zero-order valence-electron chi connectivity index (χ0n) is 12.6. The van der Waals surface area contributed by atoms with Crippen LogP contribution in [0, 0.1) is 11.3 Å². The van der Waals surface area contributed by atoms with Gasteiger partial charge in [-0.3, -0.25) is 4.79 Å². The van der Waals surface area contributed by atoms with E-state index in [-0.39, 0.29) is 11.0 Å².